The van der Waals surface area contributed by atoms with Crippen molar-refractivity contribution in [1.29, 1.82) is 0 Å². The molecule has 0 bridgehead atoms. The fourth-order valence-electron chi connectivity index (χ4n) is 2.41. The van der Waals surface area contributed by atoms with E-state index in [-0.39, 0.29) is 23.5 Å². The lowest BCUT2D eigenvalue weighted by Gasteiger charge is -2.18. The van der Waals surface area contributed by atoms with E-state index in [9.17, 15) is 9.50 Å². The average molecular weight is 409 g/mol. The van der Waals surface area contributed by atoms with Crippen LogP contribution in [-0.4, -0.2) is 25.1 Å². The Labute approximate surface area is 152 Å². The van der Waals surface area contributed by atoms with E-state index in [0.29, 0.717) is 15.7 Å². The number of aromatic nitrogens is 4. The van der Waals surface area contributed by atoms with Gasteiger partial charge in [0.15, 0.2) is 0 Å². The second-order valence-electron chi connectivity index (χ2n) is 6.93. The number of rotatable bonds is 4. The van der Waals surface area contributed by atoms with Crippen LogP contribution in [0.25, 0.3) is 11.0 Å². The van der Waals surface area contributed by atoms with E-state index in [1.165, 1.54) is 6.07 Å². The monoisotopic (exact) mass is 408 g/mol. The Morgan fingerprint density at radius 1 is 1.32 bits per heavy atom. The Balaban J connectivity index is 1.98. The van der Waals surface area contributed by atoms with Crippen molar-refractivity contribution in [1.82, 2.24) is 20.0 Å². The van der Waals surface area contributed by atoms with Gasteiger partial charge >= 0.3 is 0 Å². The van der Waals surface area contributed by atoms with Gasteiger partial charge in [-0.1, -0.05) is 26.0 Å². The van der Waals surface area contributed by atoms with Crippen molar-refractivity contribution in [3.63, 3.8) is 0 Å². The molecule has 0 unspecified atom stereocenters. The van der Waals surface area contributed by atoms with Gasteiger partial charge in [0, 0.05) is 12.1 Å². The minimum Gasteiger partial charge on any atom is -0.437 e. The third-order valence-corrected chi connectivity index (χ3v) is 4.25. The van der Waals surface area contributed by atoms with Gasteiger partial charge in [-0.05, 0) is 39.5 Å². The fourth-order valence-corrected chi connectivity index (χ4v) is 2.90. The molecular weight excluding hydrogens is 391 g/mol. The molecule has 132 valence electrons. The summed E-state index contributed by atoms with van der Waals surface area (Å²) in [7, 11) is 0. The molecule has 3 rings (SSSR count). The Hall–Kier alpha value is -2.06. The first-order chi connectivity index (χ1) is 11.8. The maximum atomic E-state index is 13.2. The highest BCUT2D eigenvalue weighted by Crippen LogP contribution is 2.35. The molecule has 8 heteroatoms. The molecule has 0 fully saturated rings. The zero-order chi connectivity index (χ0) is 18.2. The highest BCUT2D eigenvalue weighted by molar-refractivity contribution is 9.10. The molecular formula is C17H18BrFN4O2. The lowest BCUT2D eigenvalue weighted by atomic mass is 9.97. The van der Waals surface area contributed by atoms with Gasteiger partial charge in [-0.25, -0.2) is 14.1 Å². The molecule has 6 nitrogen and oxygen atoms in total. The molecule has 2 heterocycles. The molecule has 0 saturated carbocycles. The predicted octanol–water partition coefficient (Wildman–Crippen LogP) is 4.06. The zero-order valence-corrected chi connectivity index (χ0v) is 15.7. The van der Waals surface area contributed by atoms with Gasteiger partial charge in [-0.3, -0.25) is 0 Å². The van der Waals surface area contributed by atoms with Gasteiger partial charge in [-0.2, -0.15) is 0 Å². The van der Waals surface area contributed by atoms with Crippen LogP contribution in [0.2, 0.25) is 0 Å². The smallest absolute Gasteiger partial charge is 0.224 e. The number of pyridine rings is 1. The van der Waals surface area contributed by atoms with E-state index in [1.54, 1.807) is 6.07 Å². The minimum atomic E-state index is -0.531. The molecule has 1 aromatic carbocycles. The number of hydrogen-bond donors (Lipinski definition) is 1. The van der Waals surface area contributed by atoms with E-state index in [2.05, 4.69) is 52.0 Å². The minimum absolute atomic E-state index is 0.0658. The van der Waals surface area contributed by atoms with E-state index in [0.717, 1.165) is 18.3 Å². The van der Waals surface area contributed by atoms with Gasteiger partial charge in [0.2, 0.25) is 5.88 Å². The summed E-state index contributed by atoms with van der Waals surface area (Å²) in [6.45, 7) is 6.74. The number of nitrogens with zero attached hydrogens (tertiary/aromatic N) is 4. The quantitative estimate of drug-likeness (QED) is 0.704. The summed E-state index contributed by atoms with van der Waals surface area (Å²) < 4.78 is 21.5. The highest BCUT2D eigenvalue weighted by atomic mass is 79.9. The summed E-state index contributed by atoms with van der Waals surface area (Å²) in [5.41, 5.74) is 1.87. The normalized spacial score (nSPS) is 11.9. The number of aliphatic hydroxyl groups is 1. The molecule has 0 aliphatic rings. The lowest BCUT2D eigenvalue weighted by molar-refractivity contribution is 0.274. The third-order valence-electron chi connectivity index (χ3n) is 3.48. The predicted molar refractivity (Wildman–Crippen MR) is 94.9 cm³/mol. The Morgan fingerprint density at radius 2 is 2.08 bits per heavy atom. The molecule has 1 N–H and O–H groups in total. The molecule has 0 aliphatic carbocycles. The Bertz CT molecular complexity index is 921. The van der Waals surface area contributed by atoms with Crippen molar-refractivity contribution in [3.8, 4) is 11.6 Å². The maximum absolute atomic E-state index is 13.2. The summed E-state index contributed by atoms with van der Waals surface area (Å²) >= 11 is 3.49. The number of hydrogen-bond acceptors (Lipinski definition) is 5. The van der Waals surface area contributed by atoms with Crippen LogP contribution in [0, 0.1) is 11.2 Å². The summed E-state index contributed by atoms with van der Waals surface area (Å²) in [5.74, 6) is 0.0752. The van der Waals surface area contributed by atoms with Crippen LogP contribution in [0.3, 0.4) is 0 Å². The number of benzene rings is 1. The molecule has 0 spiro atoms. The van der Waals surface area contributed by atoms with Crippen LogP contribution in [-0.2, 0) is 13.2 Å². The average Bonchev–Trinajstić information content (AvgIpc) is 2.93. The van der Waals surface area contributed by atoms with Crippen LogP contribution in [0.15, 0.2) is 28.9 Å². The van der Waals surface area contributed by atoms with Crippen LogP contribution in [0.5, 0.6) is 11.6 Å². The third kappa shape index (κ3) is 3.80. The SMILES string of the molecule is CC(C)(C)Cn1nnc2c(Br)c(Oc3ncc(F)cc3CO)ccc21. The van der Waals surface area contributed by atoms with Crippen LogP contribution in [0.4, 0.5) is 4.39 Å². The summed E-state index contributed by atoms with van der Waals surface area (Å²) in [4.78, 5) is 3.90. The molecule has 25 heavy (non-hydrogen) atoms. The lowest BCUT2D eigenvalue weighted by Crippen LogP contribution is -2.16. The van der Waals surface area contributed by atoms with Crippen molar-refractivity contribution in [2.75, 3.05) is 0 Å². The van der Waals surface area contributed by atoms with Crippen LogP contribution < -0.4 is 4.74 Å². The zero-order valence-electron chi connectivity index (χ0n) is 14.1. The molecule has 3 aromatic rings. The van der Waals surface area contributed by atoms with Crippen molar-refractivity contribution in [3.05, 3.63) is 40.2 Å². The van der Waals surface area contributed by atoms with Gasteiger partial charge < -0.3 is 9.84 Å². The molecule has 0 amide bonds. The van der Waals surface area contributed by atoms with Gasteiger partial charge in [-0.15, -0.1) is 5.10 Å². The first-order valence-electron chi connectivity index (χ1n) is 7.73. The number of halogens is 2. The van der Waals surface area contributed by atoms with Crippen molar-refractivity contribution < 1.29 is 14.2 Å². The van der Waals surface area contributed by atoms with Gasteiger partial charge in [0.05, 0.1) is 22.8 Å². The van der Waals surface area contributed by atoms with Gasteiger partial charge in [0.1, 0.15) is 17.1 Å². The number of ether oxygens (including phenoxy) is 1. The second kappa shape index (κ2) is 6.68. The molecule has 0 radical (unpaired) electrons. The second-order valence-corrected chi connectivity index (χ2v) is 7.72. The standard InChI is InChI=1S/C17H18BrFN4O2/c1-17(2,3)9-23-12-4-5-13(14(18)15(12)21-22-23)25-16-10(8-24)6-11(19)7-20-16/h4-7,24H,8-9H2,1-3H3. The topological polar surface area (TPSA) is 73.1 Å². The highest BCUT2D eigenvalue weighted by Gasteiger charge is 2.18. The summed E-state index contributed by atoms with van der Waals surface area (Å²) in [6, 6.07) is 4.82. The van der Waals surface area contributed by atoms with E-state index in [4.69, 9.17) is 4.74 Å². The van der Waals surface area contributed by atoms with Crippen molar-refractivity contribution in [2.24, 2.45) is 5.41 Å². The van der Waals surface area contributed by atoms with Crippen LogP contribution in [0.1, 0.15) is 26.3 Å². The molecule has 0 atom stereocenters. The fraction of sp³-hybridized carbons (Fsp3) is 0.353. The molecule has 0 saturated heterocycles. The van der Waals surface area contributed by atoms with Crippen molar-refractivity contribution >= 4 is 27.0 Å². The van der Waals surface area contributed by atoms with Gasteiger partial charge in [0.25, 0.3) is 0 Å². The maximum Gasteiger partial charge on any atom is 0.224 e. The Kier molecular flexibility index (Phi) is 4.75. The number of fused-ring (bicyclic) bond motifs is 1. The Morgan fingerprint density at radius 3 is 2.76 bits per heavy atom. The van der Waals surface area contributed by atoms with E-state index >= 15 is 0 Å². The number of aliphatic hydroxyl groups excluding tert-OH is 1. The van der Waals surface area contributed by atoms with E-state index < -0.39 is 5.82 Å². The molecule has 2 aromatic heterocycles. The largest absolute Gasteiger partial charge is 0.437 e. The summed E-state index contributed by atoms with van der Waals surface area (Å²) in [5, 5.41) is 17.8. The summed E-state index contributed by atoms with van der Waals surface area (Å²) in [6.07, 6.45) is 1.04. The first kappa shape index (κ1) is 17.8. The van der Waals surface area contributed by atoms with Crippen LogP contribution >= 0.6 is 15.9 Å². The van der Waals surface area contributed by atoms with E-state index in [1.807, 2.05) is 10.7 Å². The first-order valence-corrected chi connectivity index (χ1v) is 8.52. The molecule has 0 aliphatic heterocycles. The van der Waals surface area contributed by atoms with Crippen molar-refractivity contribution in [2.45, 2.75) is 33.9 Å².